The molecule has 1 heterocycles. The van der Waals surface area contributed by atoms with E-state index in [2.05, 4.69) is 21.7 Å². The number of hydrogen-bond donors (Lipinski definition) is 1. The van der Waals surface area contributed by atoms with Crippen molar-refractivity contribution in [1.82, 2.24) is 14.8 Å². The smallest absolute Gasteiger partial charge is 0.137 e. The van der Waals surface area contributed by atoms with Crippen LogP contribution in [0.2, 0.25) is 0 Å². The summed E-state index contributed by atoms with van der Waals surface area (Å²) < 4.78 is 2.10. The molecule has 0 spiro atoms. The minimum atomic E-state index is 0.737. The zero-order chi connectivity index (χ0) is 11.5. The molecule has 4 heteroatoms. The molecule has 0 saturated carbocycles. The molecule has 2 N–H and O–H groups in total. The number of nitrogen functional groups attached to an aromatic ring is 1. The molecule has 0 unspecified atom stereocenters. The topological polar surface area (TPSA) is 56.7 Å². The van der Waals surface area contributed by atoms with Crippen molar-refractivity contribution in [3.8, 4) is 0 Å². The Hall–Kier alpha value is -1.84. The summed E-state index contributed by atoms with van der Waals surface area (Å²) in [6.07, 6.45) is 0.737. The van der Waals surface area contributed by atoms with Crippen molar-refractivity contribution in [3.05, 3.63) is 41.5 Å². The van der Waals surface area contributed by atoms with E-state index in [9.17, 15) is 0 Å². The van der Waals surface area contributed by atoms with Crippen molar-refractivity contribution < 1.29 is 0 Å². The van der Waals surface area contributed by atoms with Gasteiger partial charge in [-0.25, -0.2) is 0 Å². The van der Waals surface area contributed by atoms with Gasteiger partial charge in [-0.2, -0.15) is 0 Å². The van der Waals surface area contributed by atoms with E-state index in [-0.39, 0.29) is 0 Å². The second kappa shape index (κ2) is 4.35. The van der Waals surface area contributed by atoms with Gasteiger partial charge in [0.15, 0.2) is 0 Å². The Morgan fingerprint density at radius 2 is 2.00 bits per heavy atom. The number of aromatic nitrogens is 3. The van der Waals surface area contributed by atoms with Crippen LogP contribution in [0.4, 0.5) is 5.69 Å². The van der Waals surface area contributed by atoms with Gasteiger partial charge in [0.2, 0.25) is 0 Å². The monoisotopic (exact) mass is 216 g/mol. The first-order valence-electron chi connectivity index (χ1n) is 5.44. The average Bonchev–Trinajstić information content (AvgIpc) is 2.63. The molecule has 0 amide bonds. The largest absolute Gasteiger partial charge is 0.398 e. The van der Waals surface area contributed by atoms with Crippen LogP contribution in [0.1, 0.15) is 24.1 Å². The predicted molar refractivity (Wildman–Crippen MR) is 64.1 cm³/mol. The van der Waals surface area contributed by atoms with Crippen LogP contribution >= 0.6 is 0 Å². The molecule has 0 aliphatic heterocycles. The molecular formula is C12H16N4. The van der Waals surface area contributed by atoms with E-state index in [0.717, 1.165) is 35.9 Å². The molecule has 0 saturated heterocycles. The lowest BCUT2D eigenvalue weighted by molar-refractivity contribution is 0.691. The summed E-state index contributed by atoms with van der Waals surface area (Å²) >= 11 is 0. The molecule has 0 atom stereocenters. The fourth-order valence-corrected chi connectivity index (χ4v) is 1.83. The van der Waals surface area contributed by atoms with Gasteiger partial charge in [-0.15, -0.1) is 10.2 Å². The number of anilines is 1. The first-order valence-corrected chi connectivity index (χ1v) is 5.44. The van der Waals surface area contributed by atoms with Crippen molar-refractivity contribution in [2.75, 3.05) is 5.73 Å². The summed E-state index contributed by atoms with van der Waals surface area (Å²) in [5.41, 5.74) is 7.82. The molecule has 1 aromatic heterocycles. The molecule has 84 valence electrons. The summed E-state index contributed by atoms with van der Waals surface area (Å²) in [5, 5.41) is 8.27. The summed E-state index contributed by atoms with van der Waals surface area (Å²) in [6, 6.07) is 7.87. The highest BCUT2D eigenvalue weighted by atomic mass is 15.3. The first kappa shape index (κ1) is 10.7. The number of benzene rings is 1. The average molecular weight is 216 g/mol. The Bertz CT molecular complexity index is 488. The standard InChI is InChI=1S/C12H16N4/c1-3-16-9(2)14-15-12(16)8-10-6-4-5-7-11(10)13/h4-7H,3,8,13H2,1-2H3. The van der Waals surface area contributed by atoms with Gasteiger partial charge in [0, 0.05) is 18.7 Å². The van der Waals surface area contributed by atoms with Crippen LogP contribution in [-0.4, -0.2) is 14.8 Å². The molecule has 0 fully saturated rings. The number of hydrogen-bond acceptors (Lipinski definition) is 3. The number of nitrogens with zero attached hydrogens (tertiary/aromatic N) is 3. The maximum Gasteiger partial charge on any atom is 0.137 e. The quantitative estimate of drug-likeness (QED) is 0.796. The normalized spacial score (nSPS) is 10.6. The third-order valence-corrected chi connectivity index (χ3v) is 2.73. The van der Waals surface area contributed by atoms with Gasteiger partial charge in [0.1, 0.15) is 11.6 Å². The number of aryl methyl sites for hydroxylation is 1. The second-order valence-electron chi connectivity index (χ2n) is 3.78. The molecule has 0 aliphatic carbocycles. The lowest BCUT2D eigenvalue weighted by Crippen LogP contribution is -2.05. The fraction of sp³-hybridized carbons (Fsp3) is 0.333. The maximum atomic E-state index is 5.91. The molecule has 2 aromatic rings. The van der Waals surface area contributed by atoms with Crippen molar-refractivity contribution in [2.45, 2.75) is 26.8 Å². The SMILES string of the molecule is CCn1c(C)nnc1Cc1ccccc1N. The van der Waals surface area contributed by atoms with E-state index in [1.165, 1.54) is 0 Å². The van der Waals surface area contributed by atoms with Gasteiger partial charge >= 0.3 is 0 Å². The maximum absolute atomic E-state index is 5.91. The van der Waals surface area contributed by atoms with Crippen molar-refractivity contribution in [2.24, 2.45) is 0 Å². The number of rotatable bonds is 3. The summed E-state index contributed by atoms with van der Waals surface area (Å²) in [6.45, 7) is 4.95. The van der Waals surface area contributed by atoms with Crippen LogP contribution in [-0.2, 0) is 13.0 Å². The predicted octanol–water partition coefficient (Wildman–Crippen LogP) is 1.78. The molecule has 1 aromatic carbocycles. The van der Waals surface area contributed by atoms with Crippen molar-refractivity contribution in [1.29, 1.82) is 0 Å². The summed E-state index contributed by atoms with van der Waals surface area (Å²) in [7, 11) is 0. The summed E-state index contributed by atoms with van der Waals surface area (Å²) in [5.74, 6) is 1.92. The zero-order valence-corrected chi connectivity index (χ0v) is 9.64. The van der Waals surface area contributed by atoms with Crippen LogP contribution in [0, 0.1) is 6.92 Å². The van der Waals surface area contributed by atoms with Crippen LogP contribution in [0.15, 0.2) is 24.3 Å². The van der Waals surface area contributed by atoms with Crippen molar-refractivity contribution >= 4 is 5.69 Å². The van der Waals surface area contributed by atoms with Gasteiger partial charge in [0.25, 0.3) is 0 Å². The Balaban J connectivity index is 2.31. The highest BCUT2D eigenvalue weighted by Crippen LogP contribution is 2.15. The summed E-state index contributed by atoms with van der Waals surface area (Å²) in [4.78, 5) is 0. The lowest BCUT2D eigenvalue weighted by Gasteiger charge is -2.07. The van der Waals surface area contributed by atoms with E-state index in [4.69, 9.17) is 5.73 Å². The van der Waals surface area contributed by atoms with Crippen molar-refractivity contribution in [3.63, 3.8) is 0 Å². The third-order valence-electron chi connectivity index (χ3n) is 2.73. The number of nitrogens with two attached hydrogens (primary N) is 1. The highest BCUT2D eigenvalue weighted by Gasteiger charge is 2.08. The van der Waals surface area contributed by atoms with Crippen LogP contribution in [0.3, 0.4) is 0 Å². The van der Waals surface area contributed by atoms with E-state index < -0.39 is 0 Å². The van der Waals surface area contributed by atoms with Gasteiger partial charge < -0.3 is 10.3 Å². The Kier molecular flexibility index (Phi) is 2.90. The van der Waals surface area contributed by atoms with Gasteiger partial charge in [0.05, 0.1) is 0 Å². The van der Waals surface area contributed by atoms with E-state index in [1.54, 1.807) is 0 Å². The highest BCUT2D eigenvalue weighted by molar-refractivity contribution is 5.47. The Morgan fingerprint density at radius 3 is 2.69 bits per heavy atom. The molecule has 0 radical (unpaired) electrons. The molecule has 0 aliphatic rings. The molecule has 2 rings (SSSR count). The fourth-order valence-electron chi connectivity index (χ4n) is 1.83. The minimum Gasteiger partial charge on any atom is -0.398 e. The first-order chi connectivity index (χ1) is 7.72. The lowest BCUT2D eigenvalue weighted by atomic mass is 10.1. The minimum absolute atomic E-state index is 0.737. The molecular weight excluding hydrogens is 200 g/mol. The zero-order valence-electron chi connectivity index (χ0n) is 9.64. The molecule has 4 nitrogen and oxygen atoms in total. The third kappa shape index (κ3) is 1.91. The van der Waals surface area contributed by atoms with Crippen LogP contribution < -0.4 is 5.73 Å². The number of para-hydroxylation sites is 1. The van der Waals surface area contributed by atoms with Gasteiger partial charge in [-0.1, -0.05) is 18.2 Å². The van der Waals surface area contributed by atoms with E-state index >= 15 is 0 Å². The van der Waals surface area contributed by atoms with Gasteiger partial charge in [-0.05, 0) is 25.5 Å². The van der Waals surface area contributed by atoms with E-state index in [1.807, 2.05) is 31.2 Å². The molecule has 16 heavy (non-hydrogen) atoms. The van der Waals surface area contributed by atoms with Gasteiger partial charge in [-0.3, -0.25) is 0 Å². The Labute approximate surface area is 95.1 Å². The molecule has 0 bridgehead atoms. The Morgan fingerprint density at radius 1 is 1.25 bits per heavy atom. The van der Waals surface area contributed by atoms with E-state index in [0.29, 0.717) is 0 Å². The van der Waals surface area contributed by atoms with Crippen LogP contribution in [0.25, 0.3) is 0 Å². The second-order valence-corrected chi connectivity index (χ2v) is 3.78. The van der Waals surface area contributed by atoms with Crippen LogP contribution in [0.5, 0.6) is 0 Å².